The van der Waals surface area contributed by atoms with E-state index in [2.05, 4.69) is 41.7 Å². The first kappa shape index (κ1) is 50.8. The molecule has 0 aliphatic carbocycles. The number of halogens is 5. The van der Waals surface area contributed by atoms with E-state index in [-0.39, 0.29) is 62.2 Å². The number of hydrogen-bond donors (Lipinski definition) is 4. The van der Waals surface area contributed by atoms with Crippen LogP contribution in [0.15, 0.2) is 124 Å². The van der Waals surface area contributed by atoms with Crippen molar-refractivity contribution in [1.82, 2.24) is 0 Å². The second-order valence-electron chi connectivity index (χ2n) is 14.2. The van der Waals surface area contributed by atoms with Crippen LogP contribution in [0.5, 0.6) is 5.75 Å². The van der Waals surface area contributed by atoms with E-state index in [9.17, 15) is 28.8 Å². The second kappa shape index (κ2) is 24.9. The predicted octanol–water partition coefficient (Wildman–Crippen LogP) is 11.0. The maximum atomic E-state index is 13.5. The van der Waals surface area contributed by atoms with Gasteiger partial charge in [0.1, 0.15) is 12.4 Å². The van der Waals surface area contributed by atoms with E-state index in [0.29, 0.717) is 36.0 Å². The van der Waals surface area contributed by atoms with E-state index in [1.54, 1.807) is 24.3 Å². The molecule has 0 saturated heterocycles. The number of benzene rings is 5. The number of carbonyl (C=O) groups excluding carboxylic acids is 6. The van der Waals surface area contributed by atoms with Crippen molar-refractivity contribution in [3.8, 4) is 5.75 Å². The van der Waals surface area contributed by atoms with Crippen molar-refractivity contribution >= 4 is 127 Å². The van der Waals surface area contributed by atoms with E-state index >= 15 is 0 Å². The lowest BCUT2D eigenvalue weighted by atomic mass is 10.1. The Morgan fingerprint density at radius 1 is 0.545 bits per heavy atom. The number of ketones is 2. The average molecular weight is 995 g/mol. The fourth-order valence-corrected chi connectivity index (χ4v) is 7.05. The van der Waals surface area contributed by atoms with Crippen LogP contribution in [0.2, 0.25) is 10.0 Å². The van der Waals surface area contributed by atoms with Crippen LogP contribution in [0.3, 0.4) is 0 Å². The molecular weight excluding hydrogens is 954 g/mol. The largest absolute Gasteiger partial charge is 0.490 e. The van der Waals surface area contributed by atoms with Crippen molar-refractivity contribution < 1.29 is 33.5 Å². The molecule has 2 atom stereocenters. The lowest BCUT2D eigenvalue weighted by Crippen LogP contribution is -2.32. The Morgan fingerprint density at radius 3 is 1.47 bits per heavy atom. The van der Waals surface area contributed by atoms with Gasteiger partial charge in [-0.05, 0) is 98.5 Å². The van der Waals surface area contributed by atoms with Gasteiger partial charge in [-0.1, -0.05) is 59.6 Å². The molecule has 0 fully saturated rings. The second-order valence-corrected chi connectivity index (χ2v) is 16.2. The molecule has 15 nitrogen and oxygen atoms in total. The van der Waals surface area contributed by atoms with Gasteiger partial charge in [-0.3, -0.25) is 28.8 Å². The number of hydrogen-bond acceptors (Lipinski definition) is 11. The summed E-state index contributed by atoms with van der Waals surface area (Å²) in [4.78, 5) is 78.7. The molecule has 4 amide bonds. The number of Topliss-reactive ketones (excluding diaryl/α,β-unsaturated/α-hetero) is 2. The number of nitrogens with one attached hydrogen (secondary N) is 4. The van der Waals surface area contributed by atoms with Crippen molar-refractivity contribution in [1.29, 1.82) is 0 Å². The number of aryl methyl sites for hydroxylation is 2. The number of para-hydroxylation sites is 2. The summed E-state index contributed by atoms with van der Waals surface area (Å²) in [6.07, 6.45) is 1.06. The summed E-state index contributed by atoms with van der Waals surface area (Å²) < 4.78 is 5.75. The average Bonchev–Trinajstić information content (AvgIpc) is 3.27. The van der Waals surface area contributed by atoms with E-state index in [1.165, 1.54) is 54.6 Å². The highest BCUT2D eigenvalue weighted by Crippen LogP contribution is 2.31. The van der Waals surface area contributed by atoms with Gasteiger partial charge in [0.25, 0.3) is 23.6 Å². The lowest BCUT2D eigenvalue weighted by Gasteiger charge is -2.16. The summed E-state index contributed by atoms with van der Waals surface area (Å²) in [6.45, 7) is 2.28. The molecule has 0 spiro atoms. The van der Waals surface area contributed by atoms with Crippen LogP contribution >= 0.6 is 58.0 Å². The lowest BCUT2D eigenvalue weighted by molar-refractivity contribution is -0.127. The Labute approximate surface area is 404 Å². The maximum Gasteiger partial charge on any atom is 0.258 e. The van der Waals surface area contributed by atoms with Crippen LogP contribution in [0, 0.1) is 0 Å². The molecule has 0 radical (unpaired) electrons. The highest BCUT2D eigenvalue weighted by Gasteiger charge is 2.26. The third-order valence-electron chi connectivity index (χ3n) is 9.23. The van der Waals surface area contributed by atoms with E-state index in [1.807, 2.05) is 24.3 Å². The van der Waals surface area contributed by atoms with Crippen molar-refractivity contribution in [2.75, 3.05) is 45.5 Å². The Kier molecular flexibility index (Phi) is 19.1. The number of ether oxygens (including phenoxy) is 1. The summed E-state index contributed by atoms with van der Waals surface area (Å²) in [5.41, 5.74) is 3.51. The summed E-state index contributed by atoms with van der Waals surface area (Å²) >= 11 is 30.4. The molecule has 0 heterocycles. The normalized spacial score (nSPS) is 12.0. The minimum atomic E-state index is -1.65. The van der Waals surface area contributed by atoms with Gasteiger partial charge in [0.05, 0.1) is 22.9 Å². The van der Waals surface area contributed by atoms with Gasteiger partial charge in [-0.2, -0.15) is 20.5 Å². The van der Waals surface area contributed by atoms with Gasteiger partial charge >= 0.3 is 0 Å². The fourth-order valence-electron chi connectivity index (χ4n) is 6.11. The molecule has 2 unspecified atom stereocenters. The maximum absolute atomic E-state index is 13.5. The molecule has 20 heteroatoms. The summed E-state index contributed by atoms with van der Waals surface area (Å²) in [5, 5.41) is 27.2. The number of alkyl halides is 3. The van der Waals surface area contributed by atoms with Crippen molar-refractivity contribution in [2.24, 2.45) is 20.5 Å². The molecule has 0 aromatic heterocycles. The summed E-state index contributed by atoms with van der Waals surface area (Å²) in [5.74, 6) is -3.24. The zero-order valence-electron chi connectivity index (χ0n) is 35.2. The Morgan fingerprint density at radius 2 is 1.02 bits per heavy atom. The van der Waals surface area contributed by atoms with E-state index in [0.717, 1.165) is 25.0 Å². The number of amides is 4. The highest BCUT2D eigenvalue weighted by atomic mass is 35.5. The van der Waals surface area contributed by atoms with E-state index in [4.69, 9.17) is 62.7 Å². The molecule has 342 valence electrons. The number of carbonyl (C=O) groups is 6. The van der Waals surface area contributed by atoms with Gasteiger partial charge in [0.2, 0.25) is 12.1 Å². The molecule has 0 saturated carbocycles. The van der Waals surface area contributed by atoms with Crippen LogP contribution in [0.1, 0.15) is 45.7 Å². The van der Waals surface area contributed by atoms with Crippen LogP contribution in [0.4, 0.5) is 34.1 Å². The molecule has 0 aliphatic heterocycles. The van der Waals surface area contributed by atoms with Gasteiger partial charge in [-0.25, -0.2) is 0 Å². The monoisotopic (exact) mass is 992 g/mol. The van der Waals surface area contributed by atoms with Crippen LogP contribution in [-0.4, -0.2) is 71.5 Å². The Bertz CT molecular complexity index is 2680. The zero-order chi connectivity index (χ0) is 47.8. The molecule has 5 aromatic carbocycles. The van der Waals surface area contributed by atoms with Gasteiger partial charge in [-0.15, -0.1) is 34.8 Å². The van der Waals surface area contributed by atoms with Gasteiger partial charge in [0.15, 0.2) is 11.6 Å². The smallest absolute Gasteiger partial charge is 0.258 e. The van der Waals surface area contributed by atoms with Crippen LogP contribution in [0.25, 0.3) is 0 Å². The first-order valence-corrected chi connectivity index (χ1v) is 22.3. The summed E-state index contributed by atoms with van der Waals surface area (Å²) in [7, 11) is 0. The van der Waals surface area contributed by atoms with Crippen molar-refractivity contribution in [3.63, 3.8) is 0 Å². The number of rotatable bonds is 21. The fraction of sp³-hybridized carbons (Fsp3) is 0.217. The first-order valence-electron chi connectivity index (χ1n) is 20.0. The number of anilines is 4. The topological polar surface area (TPSA) is 209 Å². The summed E-state index contributed by atoms with van der Waals surface area (Å²) in [6, 6.07) is 23.7. The zero-order valence-corrected chi connectivity index (χ0v) is 39.0. The van der Waals surface area contributed by atoms with Crippen molar-refractivity contribution in [3.05, 3.63) is 135 Å². The SMILES string of the molecule is CC(=O)C(N=Nc1cc(Cl)cc(C(=O)Nc2ccccc2CCCl)c1)C(=O)Nc1ccc(NC(=O)C(N=Nc2cc(Cl)cc(C(=O)Nc3ccccc3CCCl)c2)C(C)=O)c(OCCCl)c1. The van der Waals surface area contributed by atoms with Crippen LogP contribution in [-0.2, 0) is 32.0 Å². The predicted molar refractivity (Wildman–Crippen MR) is 258 cm³/mol. The van der Waals surface area contributed by atoms with Gasteiger partial charge < -0.3 is 26.0 Å². The number of nitrogens with zero attached hydrogens (tertiary/aromatic N) is 4. The molecule has 5 rings (SSSR count). The third-order valence-corrected chi connectivity index (χ3v) is 10.2. The minimum absolute atomic E-state index is 0.0233. The quantitative estimate of drug-likeness (QED) is 0.0317. The molecule has 0 bridgehead atoms. The molecule has 5 aromatic rings. The minimum Gasteiger partial charge on any atom is -0.490 e. The third kappa shape index (κ3) is 14.6. The first-order chi connectivity index (χ1) is 31.7. The van der Waals surface area contributed by atoms with Gasteiger partial charge in [0, 0.05) is 56.1 Å². The molecular formula is C46H41Cl5N8O7. The van der Waals surface area contributed by atoms with E-state index < -0.39 is 47.3 Å². The molecule has 4 N–H and O–H groups in total. The standard InChI is InChI=1S/C46H41Cl5N8O7/c1-26(60)41(58-56-35-21-30(19-32(50)23-35)43(62)53-37-9-5-3-7-28(37)13-15-47)45(64)52-34-11-12-39(40(25-34)66-18-17-49)55-46(65)42(27(2)61)59-57-36-22-31(20-33(51)24-36)44(63)54-38-10-6-4-8-29(38)14-16-48/h3-12,19-25,41-42H,13-18H2,1-2H3,(H,52,64)(H,53,62)(H,54,63)(H,55,65). The van der Waals surface area contributed by atoms with Crippen LogP contribution < -0.4 is 26.0 Å². The van der Waals surface area contributed by atoms with Crippen molar-refractivity contribution in [2.45, 2.75) is 38.8 Å². The number of azo groups is 2. The molecule has 66 heavy (non-hydrogen) atoms. The highest BCUT2D eigenvalue weighted by molar-refractivity contribution is 6.32. The Balaban J connectivity index is 1.29. The Hall–Kier alpha value is -6.23. The molecule has 0 aliphatic rings.